The van der Waals surface area contributed by atoms with Crippen LogP contribution in [0, 0.1) is 6.92 Å². The number of carbonyl (C=O) groups excluding carboxylic acids is 1. The molecule has 0 amide bonds. The van der Waals surface area contributed by atoms with E-state index in [0.29, 0.717) is 17.9 Å². The van der Waals surface area contributed by atoms with Crippen LogP contribution in [-0.4, -0.2) is 24.3 Å². The predicted molar refractivity (Wildman–Crippen MR) is 69.1 cm³/mol. The van der Waals surface area contributed by atoms with Crippen molar-refractivity contribution < 1.29 is 9.53 Å². The molecule has 0 bridgehead atoms. The number of carbonyl (C=O) groups is 1. The number of nitrogens with zero attached hydrogens (tertiary/aromatic N) is 1. The summed E-state index contributed by atoms with van der Waals surface area (Å²) in [6.45, 7) is 3.96. The summed E-state index contributed by atoms with van der Waals surface area (Å²) in [5, 5.41) is 0. The number of rotatable bonds is 4. The second kappa shape index (κ2) is 6.25. The number of alkyl halides is 1. The maximum absolute atomic E-state index is 11.7. The largest absolute Gasteiger partial charge is 0.462 e. The minimum absolute atomic E-state index is 0.121. The average Bonchev–Trinajstić information content (AvgIpc) is 2.31. The van der Waals surface area contributed by atoms with E-state index in [1.54, 1.807) is 19.1 Å². The zero-order chi connectivity index (χ0) is 12.8. The molecule has 0 aliphatic carbocycles. The van der Waals surface area contributed by atoms with Gasteiger partial charge in [-0.15, -0.1) is 11.6 Å². The monoisotopic (exact) mass is 254 g/mol. The van der Waals surface area contributed by atoms with Crippen LogP contribution in [0.3, 0.4) is 0 Å². The van der Waals surface area contributed by atoms with Crippen LogP contribution >= 0.6 is 11.6 Å². The van der Waals surface area contributed by atoms with Gasteiger partial charge in [-0.1, -0.05) is 11.6 Å². The molecule has 0 spiro atoms. The van der Waals surface area contributed by atoms with Crippen LogP contribution < -0.4 is 5.73 Å². The highest BCUT2D eigenvalue weighted by atomic mass is 35.5. The lowest BCUT2D eigenvalue weighted by Gasteiger charge is -2.07. The van der Waals surface area contributed by atoms with Crippen molar-refractivity contribution in [2.45, 2.75) is 13.8 Å². The third-order valence-corrected chi connectivity index (χ3v) is 2.32. The first kappa shape index (κ1) is 13.5. The van der Waals surface area contributed by atoms with E-state index in [4.69, 9.17) is 22.1 Å². The Morgan fingerprint density at radius 2 is 2.24 bits per heavy atom. The topological polar surface area (TPSA) is 64.7 Å². The Balaban J connectivity index is 3.16. The number of hydrogen-bond acceptors (Lipinski definition) is 3. The summed E-state index contributed by atoms with van der Waals surface area (Å²) in [5.74, 6) is -0.0192. The first-order valence-electron chi connectivity index (χ1n) is 5.25. The van der Waals surface area contributed by atoms with Crippen molar-refractivity contribution in [3.8, 4) is 0 Å². The van der Waals surface area contributed by atoms with Crippen LogP contribution in [0.25, 0.3) is 0 Å². The van der Waals surface area contributed by atoms with E-state index in [2.05, 4.69) is 4.99 Å². The molecule has 0 radical (unpaired) electrons. The van der Waals surface area contributed by atoms with Gasteiger partial charge in [0.1, 0.15) is 5.84 Å². The molecule has 0 atom stereocenters. The molecule has 0 fully saturated rings. The van der Waals surface area contributed by atoms with E-state index in [0.717, 1.165) is 5.56 Å². The van der Waals surface area contributed by atoms with Gasteiger partial charge in [-0.3, -0.25) is 0 Å². The molecular weight excluding hydrogens is 240 g/mol. The van der Waals surface area contributed by atoms with Gasteiger partial charge in [0.05, 0.1) is 23.7 Å². The van der Waals surface area contributed by atoms with Gasteiger partial charge in [0.15, 0.2) is 0 Å². The van der Waals surface area contributed by atoms with Crippen molar-refractivity contribution in [1.29, 1.82) is 0 Å². The number of halogens is 1. The Labute approximate surface area is 105 Å². The van der Waals surface area contributed by atoms with E-state index in [9.17, 15) is 4.79 Å². The summed E-state index contributed by atoms with van der Waals surface area (Å²) in [6, 6.07) is 5.29. The third kappa shape index (κ3) is 3.75. The van der Waals surface area contributed by atoms with Gasteiger partial charge in [0.2, 0.25) is 0 Å². The maximum Gasteiger partial charge on any atom is 0.340 e. The normalized spacial score (nSPS) is 11.4. The van der Waals surface area contributed by atoms with Crippen LogP contribution in [0.4, 0.5) is 5.69 Å². The zero-order valence-electron chi connectivity index (χ0n) is 9.87. The molecule has 2 N–H and O–H groups in total. The molecule has 0 heterocycles. The molecule has 0 aliphatic rings. The predicted octanol–water partition coefficient (Wildman–Crippen LogP) is 2.40. The van der Waals surface area contributed by atoms with Crippen LogP contribution in [0.1, 0.15) is 22.8 Å². The fraction of sp³-hybridized carbons (Fsp3) is 0.333. The summed E-state index contributed by atoms with van der Waals surface area (Å²) < 4.78 is 4.96. The standard InChI is InChI=1S/C12H15ClN2O2/c1-3-17-12(16)9-6-8(2)4-5-10(9)15-11(14)7-13/h4-6H,3,7H2,1-2H3,(H2,14,15). The minimum Gasteiger partial charge on any atom is -0.462 e. The first-order valence-corrected chi connectivity index (χ1v) is 5.78. The summed E-state index contributed by atoms with van der Waals surface area (Å²) >= 11 is 5.55. The highest BCUT2D eigenvalue weighted by Gasteiger charge is 2.12. The summed E-state index contributed by atoms with van der Waals surface area (Å²) in [5.41, 5.74) is 7.39. The minimum atomic E-state index is -0.405. The number of nitrogens with two attached hydrogens (primary N) is 1. The van der Waals surface area contributed by atoms with Crippen molar-refractivity contribution >= 4 is 29.1 Å². The van der Waals surface area contributed by atoms with Gasteiger partial charge in [-0.2, -0.15) is 0 Å². The second-order valence-corrected chi connectivity index (χ2v) is 3.75. The Morgan fingerprint density at radius 3 is 2.82 bits per heavy atom. The molecule has 0 saturated heterocycles. The van der Waals surface area contributed by atoms with Crippen molar-refractivity contribution in [3.63, 3.8) is 0 Å². The fourth-order valence-electron chi connectivity index (χ4n) is 1.30. The summed E-state index contributed by atoms with van der Waals surface area (Å²) in [6.07, 6.45) is 0. The molecule has 1 aromatic carbocycles. The lowest BCUT2D eigenvalue weighted by Crippen LogP contribution is -2.13. The number of aliphatic imine (C=N–C) groups is 1. The molecular formula is C12H15ClN2O2. The Hall–Kier alpha value is -1.55. The van der Waals surface area contributed by atoms with Gasteiger partial charge < -0.3 is 10.5 Å². The number of benzene rings is 1. The van der Waals surface area contributed by atoms with Crippen molar-refractivity contribution in [3.05, 3.63) is 29.3 Å². The van der Waals surface area contributed by atoms with E-state index >= 15 is 0 Å². The van der Waals surface area contributed by atoms with E-state index in [1.165, 1.54) is 0 Å². The van der Waals surface area contributed by atoms with Crippen LogP contribution in [0.15, 0.2) is 23.2 Å². The van der Waals surface area contributed by atoms with Crippen LogP contribution in [0.2, 0.25) is 0 Å². The van der Waals surface area contributed by atoms with E-state index in [-0.39, 0.29) is 11.7 Å². The molecule has 0 saturated carbocycles. The summed E-state index contributed by atoms with van der Waals surface area (Å²) in [7, 11) is 0. The Kier molecular flexibility index (Phi) is 4.97. The SMILES string of the molecule is CCOC(=O)c1cc(C)ccc1N=C(N)CCl. The molecule has 1 rings (SSSR count). The molecule has 5 heteroatoms. The molecule has 17 heavy (non-hydrogen) atoms. The van der Waals surface area contributed by atoms with Gasteiger partial charge in [-0.25, -0.2) is 9.79 Å². The smallest absolute Gasteiger partial charge is 0.340 e. The summed E-state index contributed by atoms with van der Waals surface area (Å²) in [4.78, 5) is 15.8. The molecule has 4 nitrogen and oxygen atoms in total. The highest BCUT2D eigenvalue weighted by Crippen LogP contribution is 2.21. The van der Waals surface area contributed by atoms with E-state index < -0.39 is 5.97 Å². The molecule has 92 valence electrons. The number of esters is 1. The van der Waals surface area contributed by atoms with Crippen molar-refractivity contribution in [2.24, 2.45) is 10.7 Å². The van der Waals surface area contributed by atoms with Crippen molar-refractivity contribution in [2.75, 3.05) is 12.5 Å². The fourth-order valence-corrected chi connectivity index (χ4v) is 1.36. The van der Waals surface area contributed by atoms with Crippen molar-refractivity contribution in [1.82, 2.24) is 0 Å². The molecule has 1 aromatic rings. The lowest BCUT2D eigenvalue weighted by atomic mass is 10.1. The Bertz CT molecular complexity index is 444. The quantitative estimate of drug-likeness (QED) is 0.388. The molecule has 0 aliphatic heterocycles. The van der Waals surface area contributed by atoms with Crippen LogP contribution in [-0.2, 0) is 4.74 Å². The molecule has 0 aromatic heterocycles. The number of hydrogen-bond donors (Lipinski definition) is 1. The number of amidine groups is 1. The van der Waals surface area contributed by atoms with Crippen LogP contribution in [0.5, 0.6) is 0 Å². The van der Waals surface area contributed by atoms with E-state index in [1.807, 2.05) is 13.0 Å². The van der Waals surface area contributed by atoms with Gasteiger partial charge in [0, 0.05) is 0 Å². The number of aryl methyl sites for hydroxylation is 1. The average molecular weight is 255 g/mol. The van der Waals surface area contributed by atoms with Gasteiger partial charge >= 0.3 is 5.97 Å². The third-order valence-electron chi connectivity index (χ3n) is 2.05. The first-order chi connectivity index (χ1) is 8.08. The zero-order valence-corrected chi connectivity index (χ0v) is 10.6. The Morgan fingerprint density at radius 1 is 1.53 bits per heavy atom. The second-order valence-electron chi connectivity index (χ2n) is 3.48. The van der Waals surface area contributed by atoms with Gasteiger partial charge in [-0.05, 0) is 26.0 Å². The lowest BCUT2D eigenvalue weighted by molar-refractivity contribution is 0.0527. The van der Waals surface area contributed by atoms with Gasteiger partial charge in [0.25, 0.3) is 0 Å². The number of ether oxygens (including phenoxy) is 1. The maximum atomic E-state index is 11.7. The molecule has 0 unspecified atom stereocenters. The highest BCUT2D eigenvalue weighted by molar-refractivity contribution is 6.28.